The maximum Gasteiger partial charge on any atom is 0.253 e. The molecule has 4 rings (SSSR count). The standard InChI is InChI=1S/C22H25N3O2S/c1-16(2)27-18-9-7-17(8-10-18)22(26)25-13-11-24(12-14-25)15-21-23-19-5-3-4-6-20(19)28-21/h3-10,16H,11-15H2,1-2H3. The van der Waals surface area contributed by atoms with E-state index in [1.54, 1.807) is 11.3 Å². The van der Waals surface area contributed by atoms with Crippen molar-refractivity contribution < 1.29 is 9.53 Å². The molecule has 0 saturated carbocycles. The Balaban J connectivity index is 1.32. The molecule has 1 aliphatic heterocycles. The van der Waals surface area contributed by atoms with Crippen molar-refractivity contribution in [2.24, 2.45) is 0 Å². The third kappa shape index (κ3) is 4.34. The highest BCUT2D eigenvalue weighted by Gasteiger charge is 2.23. The summed E-state index contributed by atoms with van der Waals surface area (Å²) in [4.78, 5) is 21.8. The van der Waals surface area contributed by atoms with Crippen LogP contribution in [0.5, 0.6) is 5.75 Å². The molecule has 1 aromatic heterocycles. The molecule has 28 heavy (non-hydrogen) atoms. The van der Waals surface area contributed by atoms with Crippen molar-refractivity contribution in [2.75, 3.05) is 26.2 Å². The van der Waals surface area contributed by atoms with E-state index in [1.807, 2.05) is 49.1 Å². The highest BCUT2D eigenvalue weighted by atomic mass is 32.1. The molecule has 3 aromatic rings. The van der Waals surface area contributed by atoms with E-state index in [4.69, 9.17) is 9.72 Å². The summed E-state index contributed by atoms with van der Waals surface area (Å²) in [6, 6.07) is 15.7. The fourth-order valence-electron chi connectivity index (χ4n) is 3.42. The van der Waals surface area contributed by atoms with E-state index in [0.717, 1.165) is 54.6 Å². The van der Waals surface area contributed by atoms with Gasteiger partial charge in [0.1, 0.15) is 10.8 Å². The SMILES string of the molecule is CC(C)Oc1ccc(C(=O)N2CCN(Cc3nc4ccccc4s3)CC2)cc1. The number of hydrogen-bond donors (Lipinski definition) is 0. The summed E-state index contributed by atoms with van der Waals surface area (Å²) in [7, 11) is 0. The molecule has 1 fully saturated rings. The van der Waals surface area contributed by atoms with Gasteiger partial charge in [-0.25, -0.2) is 4.98 Å². The van der Waals surface area contributed by atoms with Crippen LogP contribution in [0.15, 0.2) is 48.5 Å². The zero-order valence-electron chi connectivity index (χ0n) is 16.3. The van der Waals surface area contributed by atoms with Crippen molar-refractivity contribution in [1.29, 1.82) is 0 Å². The van der Waals surface area contributed by atoms with Gasteiger partial charge in [0, 0.05) is 31.7 Å². The first-order chi connectivity index (χ1) is 13.6. The molecule has 146 valence electrons. The summed E-state index contributed by atoms with van der Waals surface area (Å²) < 4.78 is 6.88. The van der Waals surface area contributed by atoms with Crippen molar-refractivity contribution in [3.63, 3.8) is 0 Å². The maximum atomic E-state index is 12.8. The number of nitrogens with zero attached hydrogens (tertiary/aromatic N) is 3. The Hall–Kier alpha value is -2.44. The predicted molar refractivity (Wildman–Crippen MR) is 113 cm³/mol. The Morgan fingerprint density at radius 1 is 1.07 bits per heavy atom. The number of thiazole rings is 1. The normalized spacial score (nSPS) is 15.3. The Kier molecular flexibility index (Phi) is 5.59. The van der Waals surface area contributed by atoms with Crippen molar-refractivity contribution in [1.82, 2.24) is 14.8 Å². The van der Waals surface area contributed by atoms with E-state index in [-0.39, 0.29) is 12.0 Å². The summed E-state index contributed by atoms with van der Waals surface area (Å²) in [5.74, 6) is 0.892. The number of amides is 1. The number of ether oxygens (including phenoxy) is 1. The first-order valence-electron chi connectivity index (χ1n) is 9.71. The maximum absolute atomic E-state index is 12.8. The van der Waals surface area contributed by atoms with Gasteiger partial charge in [-0.05, 0) is 50.2 Å². The van der Waals surface area contributed by atoms with Crippen LogP contribution in [-0.2, 0) is 6.54 Å². The number of carbonyl (C=O) groups is 1. The van der Waals surface area contributed by atoms with Crippen molar-refractivity contribution >= 4 is 27.5 Å². The number of rotatable bonds is 5. The zero-order chi connectivity index (χ0) is 19.5. The van der Waals surface area contributed by atoms with Crippen LogP contribution in [-0.4, -0.2) is 53.0 Å². The summed E-state index contributed by atoms with van der Waals surface area (Å²) >= 11 is 1.76. The fraction of sp³-hybridized carbons (Fsp3) is 0.364. The Morgan fingerprint density at radius 3 is 2.46 bits per heavy atom. The molecule has 0 N–H and O–H groups in total. The van der Waals surface area contributed by atoms with E-state index < -0.39 is 0 Å². The van der Waals surface area contributed by atoms with Gasteiger partial charge in [-0.2, -0.15) is 0 Å². The van der Waals surface area contributed by atoms with Crippen LogP contribution in [0.2, 0.25) is 0 Å². The van der Waals surface area contributed by atoms with E-state index in [2.05, 4.69) is 23.1 Å². The van der Waals surface area contributed by atoms with Crippen molar-refractivity contribution in [3.8, 4) is 5.75 Å². The molecule has 0 atom stereocenters. The lowest BCUT2D eigenvalue weighted by molar-refractivity contribution is 0.0628. The second-order valence-electron chi connectivity index (χ2n) is 7.33. The fourth-order valence-corrected chi connectivity index (χ4v) is 4.43. The van der Waals surface area contributed by atoms with E-state index in [9.17, 15) is 4.79 Å². The molecule has 1 aliphatic rings. The lowest BCUT2D eigenvalue weighted by atomic mass is 10.1. The number of benzene rings is 2. The predicted octanol–water partition coefficient (Wildman–Crippen LogP) is 4.04. The molecule has 5 nitrogen and oxygen atoms in total. The van der Waals surface area contributed by atoms with Gasteiger partial charge in [-0.15, -0.1) is 11.3 Å². The van der Waals surface area contributed by atoms with Gasteiger partial charge < -0.3 is 9.64 Å². The molecule has 6 heteroatoms. The first-order valence-corrected chi connectivity index (χ1v) is 10.5. The van der Waals surface area contributed by atoms with Crippen molar-refractivity contribution in [2.45, 2.75) is 26.5 Å². The van der Waals surface area contributed by atoms with E-state index in [1.165, 1.54) is 4.70 Å². The number of carbonyl (C=O) groups excluding carboxylic acids is 1. The smallest absolute Gasteiger partial charge is 0.253 e. The lowest BCUT2D eigenvalue weighted by Gasteiger charge is -2.34. The molecular formula is C22H25N3O2S. The molecule has 0 aliphatic carbocycles. The van der Waals surface area contributed by atoms with E-state index >= 15 is 0 Å². The Bertz CT molecular complexity index is 911. The Morgan fingerprint density at radius 2 is 1.79 bits per heavy atom. The van der Waals surface area contributed by atoms with Crippen LogP contribution in [0.3, 0.4) is 0 Å². The van der Waals surface area contributed by atoms with Crippen LogP contribution in [0.25, 0.3) is 10.2 Å². The molecule has 1 amide bonds. The molecule has 0 unspecified atom stereocenters. The number of fused-ring (bicyclic) bond motifs is 1. The minimum atomic E-state index is 0.0933. The highest BCUT2D eigenvalue weighted by molar-refractivity contribution is 7.18. The van der Waals surface area contributed by atoms with E-state index in [0.29, 0.717) is 0 Å². The molecule has 0 bridgehead atoms. The molecule has 0 spiro atoms. The molecule has 0 radical (unpaired) electrons. The van der Waals surface area contributed by atoms with Crippen LogP contribution in [0, 0.1) is 0 Å². The van der Waals surface area contributed by atoms with Gasteiger partial charge in [0.25, 0.3) is 5.91 Å². The number of piperazine rings is 1. The monoisotopic (exact) mass is 395 g/mol. The molecule has 2 aromatic carbocycles. The molecular weight excluding hydrogens is 370 g/mol. The lowest BCUT2D eigenvalue weighted by Crippen LogP contribution is -2.48. The van der Waals surface area contributed by atoms with Crippen molar-refractivity contribution in [3.05, 3.63) is 59.1 Å². The third-order valence-corrected chi connectivity index (χ3v) is 5.85. The number of hydrogen-bond acceptors (Lipinski definition) is 5. The minimum absolute atomic E-state index is 0.0933. The largest absolute Gasteiger partial charge is 0.491 e. The minimum Gasteiger partial charge on any atom is -0.491 e. The average molecular weight is 396 g/mol. The van der Waals surface area contributed by atoms with Gasteiger partial charge in [0.05, 0.1) is 22.9 Å². The first kappa shape index (κ1) is 18.9. The third-order valence-electron chi connectivity index (χ3n) is 4.83. The van der Waals surface area contributed by atoms with Crippen LogP contribution < -0.4 is 4.74 Å². The zero-order valence-corrected chi connectivity index (χ0v) is 17.1. The van der Waals surface area contributed by atoms with Crippen LogP contribution >= 0.6 is 11.3 Å². The molecule has 1 saturated heterocycles. The number of aromatic nitrogens is 1. The molecule has 2 heterocycles. The highest BCUT2D eigenvalue weighted by Crippen LogP contribution is 2.23. The van der Waals surface area contributed by atoms with Gasteiger partial charge in [-0.1, -0.05) is 12.1 Å². The second-order valence-corrected chi connectivity index (χ2v) is 8.45. The van der Waals surface area contributed by atoms with Gasteiger partial charge >= 0.3 is 0 Å². The summed E-state index contributed by atoms with van der Waals surface area (Å²) in [5, 5.41) is 1.14. The summed E-state index contributed by atoms with van der Waals surface area (Å²) in [6.45, 7) is 8.07. The number of para-hydroxylation sites is 1. The van der Waals surface area contributed by atoms with Gasteiger partial charge in [-0.3, -0.25) is 9.69 Å². The summed E-state index contributed by atoms with van der Waals surface area (Å²) in [6.07, 6.45) is 0.130. The summed E-state index contributed by atoms with van der Waals surface area (Å²) in [5.41, 5.74) is 1.79. The quantitative estimate of drug-likeness (QED) is 0.654. The second kappa shape index (κ2) is 8.29. The van der Waals surface area contributed by atoms with Gasteiger partial charge in [0.2, 0.25) is 0 Å². The average Bonchev–Trinajstić information content (AvgIpc) is 3.10. The topological polar surface area (TPSA) is 45.7 Å². The van der Waals surface area contributed by atoms with Gasteiger partial charge in [0.15, 0.2) is 0 Å². The Labute approximate surface area is 169 Å². The van der Waals surface area contributed by atoms with Crippen LogP contribution in [0.4, 0.5) is 0 Å². The van der Waals surface area contributed by atoms with Crippen LogP contribution in [0.1, 0.15) is 29.2 Å².